The van der Waals surface area contributed by atoms with Crippen LogP contribution in [-0.4, -0.2) is 11.6 Å². The van der Waals surface area contributed by atoms with Gasteiger partial charge in [-0.2, -0.15) is 5.26 Å². The highest BCUT2D eigenvalue weighted by Crippen LogP contribution is 2.08. The first-order valence-corrected chi connectivity index (χ1v) is 4.85. The van der Waals surface area contributed by atoms with E-state index >= 15 is 0 Å². The quantitative estimate of drug-likeness (QED) is 0.739. The fourth-order valence-electron chi connectivity index (χ4n) is 0.752. The van der Waals surface area contributed by atoms with Crippen molar-refractivity contribution in [3.8, 4) is 11.8 Å². The topological polar surface area (TPSA) is 45.9 Å². The molecule has 1 aromatic heterocycles. The van der Waals surface area contributed by atoms with Gasteiger partial charge in [-0.3, -0.25) is 0 Å². The molecule has 0 saturated heterocycles. The monoisotopic (exact) mass is 192 g/mol. The minimum absolute atomic E-state index is 0.416. The summed E-state index contributed by atoms with van der Waals surface area (Å²) in [4.78, 5) is 3.86. The van der Waals surface area contributed by atoms with Gasteiger partial charge in [0.1, 0.15) is 17.5 Å². The summed E-state index contributed by atoms with van der Waals surface area (Å²) < 4.78 is 5.28. The van der Waals surface area contributed by atoms with Gasteiger partial charge in [0.15, 0.2) is 0 Å². The largest absolute Gasteiger partial charge is 0.492 e. The van der Waals surface area contributed by atoms with Gasteiger partial charge in [-0.15, -0.1) is 0 Å². The Kier molecular flexibility index (Phi) is 7.16. The molecule has 0 fully saturated rings. The lowest BCUT2D eigenvalue weighted by Crippen LogP contribution is -1.95. The van der Waals surface area contributed by atoms with Crippen molar-refractivity contribution in [3.05, 3.63) is 24.0 Å². The van der Waals surface area contributed by atoms with Crippen LogP contribution in [0.1, 0.15) is 32.9 Å². The first-order chi connectivity index (χ1) is 6.86. The number of hydrogen-bond donors (Lipinski definition) is 0. The molecule has 0 amide bonds. The molecule has 0 aliphatic carbocycles. The minimum atomic E-state index is 0.416. The summed E-state index contributed by atoms with van der Waals surface area (Å²) in [6.07, 6.45) is 2.54. The molecule has 0 saturated carbocycles. The lowest BCUT2D eigenvalue weighted by atomic mass is 10.4. The van der Waals surface area contributed by atoms with Gasteiger partial charge in [-0.05, 0) is 18.6 Å². The maximum absolute atomic E-state index is 8.45. The Hall–Kier alpha value is -1.56. The van der Waals surface area contributed by atoms with Crippen LogP contribution in [0.5, 0.6) is 5.75 Å². The summed E-state index contributed by atoms with van der Waals surface area (Å²) in [5, 5.41) is 8.45. The third-order valence-electron chi connectivity index (χ3n) is 1.32. The molecule has 0 aliphatic heterocycles. The average molecular weight is 192 g/mol. The van der Waals surface area contributed by atoms with Crippen LogP contribution >= 0.6 is 0 Å². The summed E-state index contributed by atoms with van der Waals surface area (Å²) >= 11 is 0. The second kappa shape index (κ2) is 8.06. The van der Waals surface area contributed by atoms with Crippen molar-refractivity contribution in [2.45, 2.75) is 27.2 Å². The Bertz CT molecular complexity index is 274. The van der Waals surface area contributed by atoms with E-state index in [0.29, 0.717) is 12.3 Å². The van der Waals surface area contributed by atoms with Crippen molar-refractivity contribution in [1.82, 2.24) is 4.98 Å². The molecule has 76 valence electrons. The standard InChI is InChI=1S/C9H10N2O.C2H6/c1-2-5-12-9-4-3-8(6-10)11-7-9;1-2/h3-4,7H,2,5H2,1H3;1-2H3. The first-order valence-electron chi connectivity index (χ1n) is 4.85. The van der Waals surface area contributed by atoms with Crippen molar-refractivity contribution in [2.24, 2.45) is 0 Å². The van der Waals surface area contributed by atoms with Crippen LogP contribution in [0.3, 0.4) is 0 Å². The van der Waals surface area contributed by atoms with E-state index in [4.69, 9.17) is 10.00 Å². The Balaban J connectivity index is 0.000000791. The number of ether oxygens (including phenoxy) is 1. The van der Waals surface area contributed by atoms with Crippen LogP contribution in [0.15, 0.2) is 18.3 Å². The molecule has 1 aromatic rings. The van der Waals surface area contributed by atoms with E-state index < -0.39 is 0 Å². The summed E-state index contributed by atoms with van der Waals surface area (Å²) in [6.45, 7) is 6.73. The Morgan fingerprint density at radius 1 is 1.43 bits per heavy atom. The van der Waals surface area contributed by atoms with Crippen molar-refractivity contribution in [1.29, 1.82) is 5.26 Å². The van der Waals surface area contributed by atoms with Crippen LogP contribution < -0.4 is 4.74 Å². The molecule has 3 heteroatoms. The van der Waals surface area contributed by atoms with E-state index in [1.165, 1.54) is 0 Å². The number of nitrogens with zero attached hydrogens (tertiary/aromatic N) is 2. The minimum Gasteiger partial charge on any atom is -0.492 e. The molecule has 0 N–H and O–H groups in total. The highest BCUT2D eigenvalue weighted by molar-refractivity contribution is 5.26. The molecule has 0 bridgehead atoms. The second-order valence-electron chi connectivity index (χ2n) is 2.34. The molecule has 1 rings (SSSR count). The van der Waals surface area contributed by atoms with Crippen molar-refractivity contribution >= 4 is 0 Å². The molecule has 14 heavy (non-hydrogen) atoms. The number of pyridine rings is 1. The summed E-state index contributed by atoms with van der Waals surface area (Å²) in [5.41, 5.74) is 0.416. The van der Waals surface area contributed by atoms with Gasteiger partial charge < -0.3 is 4.74 Å². The zero-order valence-electron chi connectivity index (χ0n) is 8.95. The second-order valence-corrected chi connectivity index (χ2v) is 2.34. The van der Waals surface area contributed by atoms with E-state index in [1.807, 2.05) is 26.8 Å². The predicted octanol–water partition coefficient (Wildman–Crippen LogP) is 2.77. The molecule has 3 nitrogen and oxygen atoms in total. The highest BCUT2D eigenvalue weighted by atomic mass is 16.5. The van der Waals surface area contributed by atoms with Gasteiger partial charge >= 0.3 is 0 Å². The summed E-state index contributed by atoms with van der Waals surface area (Å²) in [7, 11) is 0. The van der Waals surface area contributed by atoms with Crippen LogP contribution in [-0.2, 0) is 0 Å². The predicted molar refractivity (Wildman–Crippen MR) is 56.1 cm³/mol. The fraction of sp³-hybridized carbons (Fsp3) is 0.455. The SMILES string of the molecule is CC.CCCOc1ccc(C#N)nc1. The summed E-state index contributed by atoms with van der Waals surface area (Å²) in [5.74, 6) is 0.718. The molecule has 0 atom stereocenters. The normalized spacial score (nSPS) is 8.14. The van der Waals surface area contributed by atoms with Crippen molar-refractivity contribution < 1.29 is 4.74 Å². The van der Waals surface area contributed by atoms with Crippen LogP contribution in [0.4, 0.5) is 0 Å². The molecular formula is C11H16N2O. The molecule has 0 aliphatic rings. The van der Waals surface area contributed by atoms with E-state index in [0.717, 1.165) is 12.2 Å². The van der Waals surface area contributed by atoms with Crippen LogP contribution in [0.2, 0.25) is 0 Å². The maximum atomic E-state index is 8.45. The lowest BCUT2D eigenvalue weighted by Gasteiger charge is -2.01. The Morgan fingerprint density at radius 3 is 2.57 bits per heavy atom. The summed E-state index contributed by atoms with van der Waals surface area (Å²) in [6, 6.07) is 5.34. The Morgan fingerprint density at radius 2 is 2.14 bits per heavy atom. The van der Waals surface area contributed by atoms with Gasteiger partial charge in [-0.1, -0.05) is 20.8 Å². The number of rotatable bonds is 3. The van der Waals surface area contributed by atoms with Crippen molar-refractivity contribution in [2.75, 3.05) is 6.61 Å². The molecule has 1 heterocycles. The van der Waals surface area contributed by atoms with E-state index in [2.05, 4.69) is 4.98 Å². The molecule has 0 unspecified atom stereocenters. The third-order valence-corrected chi connectivity index (χ3v) is 1.32. The van der Waals surface area contributed by atoms with Crippen LogP contribution in [0, 0.1) is 11.3 Å². The maximum Gasteiger partial charge on any atom is 0.140 e. The van der Waals surface area contributed by atoms with Gasteiger partial charge in [0.05, 0.1) is 12.8 Å². The highest BCUT2D eigenvalue weighted by Gasteiger charge is 1.93. The van der Waals surface area contributed by atoms with E-state index in [9.17, 15) is 0 Å². The molecule has 0 radical (unpaired) electrons. The number of aromatic nitrogens is 1. The van der Waals surface area contributed by atoms with Gasteiger partial charge in [0, 0.05) is 0 Å². The number of hydrogen-bond acceptors (Lipinski definition) is 3. The Labute approximate surface area is 85.4 Å². The zero-order chi connectivity index (χ0) is 10.8. The molecular weight excluding hydrogens is 176 g/mol. The zero-order valence-corrected chi connectivity index (χ0v) is 8.95. The molecule has 0 spiro atoms. The number of nitriles is 1. The van der Waals surface area contributed by atoms with E-state index in [-0.39, 0.29) is 0 Å². The lowest BCUT2D eigenvalue weighted by molar-refractivity contribution is 0.316. The smallest absolute Gasteiger partial charge is 0.140 e. The van der Waals surface area contributed by atoms with Gasteiger partial charge in [0.25, 0.3) is 0 Å². The molecule has 0 aromatic carbocycles. The third kappa shape index (κ3) is 4.46. The first kappa shape index (κ1) is 12.4. The fourth-order valence-corrected chi connectivity index (χ4v) is 0.752. The van der Waals surface area contributed by atoms with Crippen molar-refractivity contribution in [3.63, 3.8) is 0 Å². The van der Waals surface area contributed by atoms with Gasteiger partial charge in [-0.25, -0.2) is 4.98 Å². The van der Waals surface area contributed by atoms with Crippen LogP contribution in [0.25, 0.3) is 0 Å². The van der Waals surface area contributed by atoms with E-state index in [1.54, 1.807) is 18.3 Å². The van der Waals surface area contributed by atoms with Gasteiger partial charge in [0.2, 0.25) is 0 Å². The average Bonchev–Trinajstić information content (AvgIpc) is 2.30.